The van der Waals surface area contributed by atoms with E-state index in [1.807, 2.05) is 12.1 Å². The Bertz CT molecular complexity index is 861. The van der Waals surface area contributed by atoms with Gasteiger partial charge in [0.2, 0.25) is 0 Å². The van der Waals surface area contributed by atoms with Crippen LogP contribution in [0.25, 0.3) is 22.4 Å². The van der Waals surface area contributed by atoms with Gasteiger partial charge in [-0.15, -0.1) is 0 Å². The van der Waals surface area contributed by atoms with Gasteiger partial charge in [-0.25, -0.2) is 4.39 Å². The van der Waals surface area contributed by atoms with Crippen molar-refractivity contribution in [3.8, 4) is 22.4 Å². The summed E-state index contributed by atoms with van der Waals surface area (Å²) in [6, 6.07) is 10.5. The first-order chi connectivity index (χ1) is 12.8. The molecule has 3 aromatic rings. The number of hydrogen-bond acceptors (Lipinski definition) is 5. The number of piperazine rings is 1. The van der Waals surface area contributed by atoms with Gasteiger partial charge < -0.3 is 16.0 Å². The predicted octanol–water partition coefficient (Wildman–Crippen LogP) is 2.01. The van der Waals surface area contributed by atoms with Crippen LogP contribution in [0.2, 0.25) is 0 Å². The van der Waals surface area contributed by atoms with Crippen molar-refractivity contribution in [1.29, 1.82) is 0 Å². The Hall–Kier alpha value is -2.77. The Labute approximate surface area is 151 Å². The third kappa shape index (κ3) is 3.07. The summed E-state index contributed by atoms with van der Waals surface area (Å²) in [6.45, 7) is 3.07. The number of aromatic amines is 1. The minimum Gasteiger partial charge on any atom is -0.348 e. The van der Waals surface area contributed by atoms with Gasteiger partial charge >= 0.3 is 0 Å². The Morgan fingerprint density at radius 2 is 1.88 bits per heavy atom. The van der Waals surface area contributed by atoms with E-state index in [4.69, 9.17) is 5.73 Å². The minimum atomic E-state index is -0.260. The zero-order valence-electron chi connectivity index (χ0n) is 14.3. The fourth-order valence-corrected chi connectivity index (χ4v) is 3.41. The van der Waals surface area contributed by atoms with Crippen molar-refractivity contribution >= 4 is 5.82 Å². The molecule has 1 saturated heterocycles. The number of pyridine rings is 1. The lowest BCUT2D eigenvalue weighted by atomic mass is 10.0. The summed E-state index contributed by atoms with van der Waals surface area (Å²) >= 11 is 0. The van der Waals surface area contributed by atoms with E-state index in [1.54, 1.807) is 24.5 Å². The number of hydrogen-bond donors (Lipinski definition) is 3. The number of anilines is 1. The summed E-state index contributed by atoms with van der Waals surface area (Å²) in [5.74, 6) is 0.608. The number of nitrogens with one attached hydrogen (secondary N) is 2. The molecule has 0 saturated carbocycles. The summed E-state index contributed by atoms with van der Waals surface area (Å²) in [4.78, 5) is 6.36. The monoisotopic (exact) mass is 352 g/mol. The minimum absolute atomic E-state index is 0.175. The van der Waals surface area contributed by atoms with Gasteiger partial charge in [-0.3, -0.25) is 10.1 Å². The smallest absolute Gasteiger partial charge is 0.159 e. The summed E-state index contributed by atoms with van der Waals surface area (Å²) in [5, 5.41) is 11.1. The van der Waals surface area contributed by atoms with Crippen molar-refractivity contribution in [1.82, 2.24) is 20.5 Å². The molecule has 26 heavy (non-hydrogen) atoms. The first-order valence-corrected chi connectivity index (χ1v) is 8.70. The van der Waals surface area contributed by atoms with E-state index in [1.165, 1.54) is 12.1 Å². The van der Waals surface area contributed by atoms with Crippen LogP contribution in [-0.2, 0) is 0 Å². The molecule has 0 amide bonds. The Morgan fingerprint density at radius 1 is 1.12 bits per heavy atom. The van der Waals surface area contributed by atoms with Crippen LogP contribution in [0.15, 0.2) is 48.8 Å². The van der Waals surface area contributed by atoms with Crippen LogP contribution in [0.1, 0.15) is 0 Å². The molecule has 0 aliphatic carbocycles. The molecular weight excluding hydrogens is 331 g/mol. The second-order valence-corrected chi connectivity index (χ2v) is 6.33. The first-order valence-electron chi connectivity index (χ1n) is 8.70. The first kappa shape index (κ1) is 16.7. The van der Waals surface area contributed by atoms with Crippen LogP contribution >= 0.6 is 0 Å². The fraction of sp³-hybridized carbons (Fsp3) is 0.263. The maximum atomic E-state index is 13.4. The van der Waals surface area contributed by atoms with Crippen molar-refractivity contribution in [2.75, 3.05) is 31.1 Å². The van der Waals surface area contributed by atoms with Gasteiger partial charge in [0.1, 0.15) is 5.82 Å². The summed E-state index contributed by atoms with van der Waals surface area (Å²) in [6.07, 6.45) is 3.53. The average Bonchev–Trinajstić information content (AvgIpc) is 3.14. The quantitative estimate of drug-likeness (QED) is 0.669. The second-order valence-electron chi connectivity index (χ2n) is 6.33. The van der Waals surface area contributed by atoms with Gasteiger partial charge in [0.05, 0.1) is 17.3 Å². The van der Waals surface area contributed by atoms with Gasteiger partial charge in [0.25, 0.3) is 0 Å². The Balaban J connectivity index is 1.86. The van der Waals surface area contributed by atoms with Crippen LogP contribution in [0.4, 0.5) is 10.2 Å². The standard InChI is InChI=1S/C19H21FN6/c20-15-3-1-14(2-4-15)18-17(13-5-7-22-8-6-13)19(25-24-18)26-10-9-23-12-16(26)11-21/h1-8,16,23H,9-12,21H2,(H,24,25). The van der Waals surface area contributed by atoms with Crippen molar-refractivity contribution in [2.45, 2.75) is 6.04 Å². The number of aromatic nitrogens is 3. The zero-order chi connectivity index (χ0) is 17.9. The number of rotatable bonds is 4. The van der Waals surface area contributed by atoms with E-state index in [0.29, 0.717) is 6.54 Å². The highest BCUT2D eigenvalue weighted by Gasteiger charge is 2.28. The number of benzene rings is 1. The summed E-state index contributed by atoms with van der Waals surface area (Å²) in [5.41, 5.74) is 9.73. The number of halogens is 1. The molecule has 1 aliphatic rings. The van der Waals surface area contributed by atoms with E-state index in [0.717, 1.165) is 47.8 Å². The molecule has 2 aromatic heterocycles. The highest BCUT2D eigenvalue weighted by molar-refractivity contribution is 5.89. The van der Waals surface area contributed by atoms with Crippen molar-refractivity contribution in [3.05, 3.63) is 54.6 Å². The van der Waals surface area contributed by atoms with Crippen molar-refractivity contribution in [3.63, 3.8) is 0 Å². The maximum Gasteiger partial charge on any atom is 0.159 e. The molecule has 3 heterocycles. The van der Waals surface area contributed by atoms with E-state index in [2.05, 4.69) is 25.4 Å². The molecule has 4 N–H and O–H groups in total. The molecular formula is C19H21FN6. The normalized spacial score (nSPS) is 17.5. The molecule has 6 nitrogen and oxygen atoms in total. The average molecular weight is 352 g/mol. The number of nitrogens with zero attached hydrogens (tertiary/aromatic N) is 3. The molecule has 134 valence electrons. The molecule has 1 fully saturated rings. The van der Waals surface area contributed by atoms with Gasteiger partial charge in [-0.1, -0.05) is 0 Å². The van der Waals surface area contributed by atoms with Crippen molar-refractivity contribution < 1.29 is 4.39 Å². The summed E-state index contributed by atoms with van der Waals surface area (Å²) < 4.78 is 13.4. The molecule has 1 aromatic carbocycles. The highest BCUT2D eigenvalue weighted by atomic mass is 19.1. The fourth-order valence-electron chi connectivity index (χ4n) is 3.41. The Kier molecular flexibility index (Phi) is 4.64. The Morgan fingerprint density at radius 3 is 2.62 bits per heavy atom. The van der Waals surface area contributed by atoms with Gasteiger partial charge in [0.15, 0.2) is 5.82 Å². The molecule has 0 bridgehead atoms. The molecule has 0 spiro atoms. The molecule has 7 heteroatoms. The molecule has 4 rings (SSSR count). The van der Waals surface area contributed by atoms with E-state index >= 15 is 0 Å². The lowest BCUT2D eigenvalue weighted by Gasteiger charge is -2.36. The summed E-state index contributed by atoms with van der Waals surface area (Å²) in [7, 11) is 0. The van der Waals surface area contributed by atoms with Crippen LogP contribution in [0.3, 0.4) is 0 Å². The maximum absolute atomic E-state index is 13.4. The third-order valence-corrected chi connectivity index (χ3v) is 4.74. The van der Waals surface area contributed by atoms with Crippen molar-refractivity contribution in [2.24, 2.45) is 5.73 Å². The lowest BCUT2D eigenvalue weighted by Crippen LogP contribution is -2.54. The van der Waals surface area contributed by atoms with E-state index in [-0.39, 0.29) is 11.9 Å². The van der Waals surface area contributed by atoms with Crippen LogP contribution in [-0.4, -0.2) is 47.4 Å². The van der Waals surface area contributed by atoms with Gasteiger partial charge in [-0.05, 0) is 42.0 Å². The topological polar surface area (TPSA) is 82.9 Å². The number of nitrogens with two attached hydrogens (primary N) is 1. The van der Waals surface area contributed by atoms with Crippen LogP contribution in [0, 0.1) is 5.82 Å². The SMILES string of the molecule is NCC1CNCCN1c1n[nH]c(-c2ccc(F)cc2)c1-c1ccncc1. The largest absolute Gasteiger partial charge is 0.348 e. The molecule has 1 aliphatic heterocycles. The van der Waals surface area contributed by atoms with Gasteiger partial charge in [0, 0.05) is 44.1 Å². The van der Waals surface area contributed by atoms with E-state index < -0.39 is 0 Å². The van der Waals surface area contributed by atoms with Crippen LogP contribution in [0.5, 0.6) is 0 Å². The molecule has 1 unspecified atom stereocenters. The molecule has 1 atom stereocenters. The van der Waals surface area contributed by atoms with Crippen LogP contribution < -0.4 is 16.0 Å². The predicted molar refractivity (Wildman–Crippen MR) is 100 cm³/mol. The zero-order valence-corrected chi connectivity index (χ0v) is 14.3. The second kappa shape index (κ2) is 7.23. The lowest BCUT2D eigenvalue weighted by molar-refractivity contribution is 0.478. The van der Waals surface area contributed by atoms with E-state index in [9.17, 15) is 4.39 Å². The highest BCUT2D eigenvalue weighted by Crippen LogP contribution is 2.38. The van der Waals surface area contributed by atoms with Gasteiger partial charge in [-0.2, -0.15) is 5.10 Å². The third-order valence-electron chi connectivity index (χ3n) is 4.74. The molecule has 0 radical (unpaired) electrons. The number of H-pyrrole nitrogens is 1.